The first-order chi connectivity index (χ1) is 17.3. The number of benzene rings is 3. The highest BCUT2D eigenvalue weighted by molar-refractivity contribution is 6.37. The maximum absolute atomic E-state index is 13.9. The molecule has 0 radical (unpaired) electrons. The van der Waals surface area contributed by atoms with Crippen LogP contribution in [0.15, 0.2) is 71.7 Å². The van der Waals surface area contributed by atoms with E-state index in [1.807, 2.05) is 56.3 Å². The molecule has 0 fully saturated rings. The highest BCUT2D eigenvalue weighted by Gasteiger charge is 2.36. The van der Waals surface area contributed by atoms with Gasteiger partial charge in [0.2, 0.25) is 5.91 Å². The summed E-state index contributed by atoms with van der Waals surface area (Å²) in [5.74, 6) is -0.569. The summed E-state index contributed by atoms with van der Waals surface area (Å²) in [5.41, 5.74) is 4.36. The van der Waals surface area contributed by atoms with Crippen molar-refractivity contribution in [3.63, 3.8) is 0 Å². The van der Waals surface area contributed by atoms with Gasteiger partial charge in [-0.3, -0.25) is 14.6 Å². The van der Waals surface area contributed by atoms with Gasteiger partial charge in [-0.25, -0.2) is 0 Å². The van der Waals surface area contributed by atoms with Crippen molar-refractivity contribution in [3.8, 4) is 0 Å². The summed E-state index contributed by atoms with van der Waals surface area (Å²) in [4.78, 5) is 33.6. The molecule has 36 heavy (non-hydrogen) atoms. The molecule has 1 N–H and O–H groups in total. The van der Waals surface area contributed by atoms with Gasteiger partial charge < -0.3 is 10.2 Å². The largest absolute Gasteiger partial charge is 0.325 e. The molecule has 1 aliphatic rings. The van der Waals surface area contributed by atoms with Crippen molar-refractivity contribution >= 4 is 52.1 Å². The Balaban J connectivity index is 1.79. The molecule has 0 aromatic heterocycles. The van der Waals surface area contributed by atoms with Gasteiger partial charge in [0, 0.05) is 26.9 Å². The van der Waals surface area contributed by atoms with Crippen LogP contribution in [0, 0.1) is 5.92 Å². The van der Waals surface area contributed by atoms with Crippen LogP contribution >= 0.6 is 23.2 Å². The Labute approximate surface area is 222 Å². The molecule has 0 spiro atoms. The fourth-order valence-electron chi connectivity index (χ4n) is 4.31. The van der Waals surface area contributed by atoms with Crippen LogP contribution in [0.3, 0.4) is 0 Å². The molecule has 3 aromatic rings. The third-order valence-electron chi connectivity index (χ3n) is 6.52. The zero-order valence-electron chi connectivity index (χ0n) is 20.6. The molecule has 1 heterocycles. The summed E-state index contributed by atoms with van der Waals surface area (Å²) in [6, 6.07) is 19.7. The zero-order valence-corrected chi connectivity index (χ0v) is 22.1. The van der Waals surface area contributed by atoms with Gasteiger partial charge in [-0.1, -0.05) is 80.7 Å². The van der Waals surface area contributed by atoms with Crippen LogP contribution in [0.5, 0.6) is 0 Å². The smallest absolute Gasteiger partial charge is 0.252 e. The molecule has 7 heteroatoms. The summed E-state index contributed by atoms with van der Waals surface area (Å²) in [7, 11) is 0. The van der Waals surface area contributed by atoms with Crippen LogP contribution in [0.1, 0.15) is 43.9 Å². The first-order valence-corrected chi connectivity index (χ1v) is 12.9. The van der Waals surface area contributed by atoms with Crippen molar-refractivity contribution in [3.05, 3.63) is 93.5 Å². The molecular weight excluding hydrogens is 493 g/mol. The number of anilines is 2. The Hall–Kier alpha value is -3.15. The lowest BCUT2D eigenvalue weighted by atomic mass is 9.97. The van der Waals surface area contributed by atoms with Crippen molar-refractivity contribution < 1.29 is 9.59 Å². The van der Waals surface area contributed by atoms with Gasteiger partial charge in [0.1, 0.15) is 12.6 Å². The number of carbonyl (C=O) groups excluding carboxylic acids is 2. The minimum atomic E-state index is -0.677. The molecule has 0 saturated carbocycles. The van der Waals surface area contributed by atoms with E-state index in [9.17, 15) is 9.59 Å². The normalized spacial score (nSPS) is 16.1. The van der Waals surface area contributed by atoms with E-state index in [1.54, 1.807) is 24.3 Å². The van der Waals surface area contributed by atoms with E-state index >= 15 is 0 Å². The molecule has 2 unspecified atom stereocenters. The predicted molar refractivity (Wildman–Crippen MR) is 149 cm³/mol. The molecule has 3 aromatic carbocycles. The Bertz CT molecular complexity index is 1320. The zero-order chi connectivity index (χ0) is 25.8. The highest BCUT2D eigenvalue weighted by atomic mass is 35.5. The lowest BCUT2D eigenvalue weighted by Crippen LogP contribution is -2.44. The van der Waals surface area contributed by atoms with Crippen molar-refractivity contribution in [2.75, 3.05) is 16.8 Å². The van der Waals surface area contributed by atoms with E-state index in [0.29, 0.717) is 38.3 Å². The minimum absolute atomic E-state index is 0.0495. The number of halogens is 2. The molecule has 1 aliphatic heterocycles. The second-order valence-electron chi connectivity index (χ2n) is 8.98. The minimum Gasteiger partial charge on any atom is -0.325 e. The number of fused-ring (bicyclic) bond motifs is 1. The molecule has 2 amide bonds. The van der Waals surface area contributed by atoms with E-state index in [1.165, 1.54) is 4.90 Å². The fourth-order valence-corrected chi connectivity index (χ4v) is 4.71. The summed E-state index contributed by atoms with van der Waals surface area (Å²) < 4.78 is 0. The number of rotatable bonds is 7. The number of aryl methyl sites for hydroxylation is 1. The average molecular weight is 522 g/mol. The summed E-state index contributed by atoms with van der Waals surface area (Å²) in [5, 5.41) is 3.97. The van der Waals surface area contributed by atoms with Crippen molar-refractivity contribution in [2.45, 2.75) is 39.7 Å². The number of nitrogens with zero attached hydrogens (tertiary/aromatic N) is 2. The van der Waals surface area contributed by atoms with Gasteiger partial charge in [-0.15, -0.1) is 0 Å². The maximum atomic E-state index is 13.9. The Morgan fingerprint density at radius 2 is 1.81 bits per heavy atom. The molecule has 186 valence electrons. The number of hydrogen-bond donors (Lipinski definition) is 1. The quantitative estimate of drug-likeness (QED) is 0.371. The third kappa shape index (κ3) is 5.48. The lowest BCUT2D eigenvalue weighted by molar-refractivity contribution is -0.123. The number of aliphatic imine (C=N–C) groups is 1. The Morgan fingerprint density at radius 1 is 1.03 bits per heavy atom. The Kier molecular flexibility index (Phi) is 8.12. The predicted octanol–water partition coefficient (Wildman–Crippen LogP) is 6.79. The maximum Gasteiger partial charge on any atom is 0.252 e. The number of benzodiazepines with no additional fused rings is 1. The van der Waals surface area contributed by atoms with Crippen molar-refractivity contribution in [1.82, 2.24) is 0 Å². The first-order valence-electron chi connectivity index (χ1n) is 12.1. The van der Waals surface area contributed by atoms with Gasteiger partial charge >= 0.3 is 0 Å². The van der Waals surface area contributed by atoms with Crippen LogP contribution in [0.25, 0.3) is 0 Å². The summed E-state index contributed by atoms with van der Waals surface area (Å²) in [6.07, 6.45) is 1.61. The van der Waals surface area contributed by atoms with Gasteiger partial charge in [-0.05, 0) is 54.3 Å². The van der Waals surface area contributed by atoms with Crippen molar-refractivity contribution in [1.29, 1.82) is 0 Å². The van der Waals surface area contributed by atoms with Crippen molar-refractivity contribution in [2.24, 2.45) is 10.9 Å². The molecule has 0 saturated heterocycles. The SMILES string of the molecule is CCc1cccc(NC(=O)CN2C(=O)C(C(C)CC)N=C(c3ccccc3Cl)c3cc(Cl)ccc32)c1. The van der Waals surface area contributed by atoms with Crippen LogP contribution in [0.4, 0.5) is 11.4 Å². The second-order valence-corrected chi connectivity index (χ2v) is 9.82. The molecular formula is C29H29Cl2N3O2. The van der Waals surface area contributed by atoms with Crippen LogP contribution < -0.4 is 10.2 Å². The molecule has 2 atom stereocenters. The third-order valence-corrected chi connectivity index (χ3v) is 7.09. The van der Waals surface area contributed by atoms with Crippen LogP contribution in [0.2, 0.25) is 10.0 Å². The molecule has 4 rings (SSSR count). The van der Waals surface area contributed by atoms with Gasteiger partial charge in [0.25, 0.3) is 5.91 Å². The number of amides is 2. The standard InChI is InChI=1S/C29H29Cl2N3O2/c1-4-18(3)27-29(36)34(17-26(35)32-21-10-8-9-19(5-2)15-21)25-14-13-20(30)16-23(25)28(33-27)22-11-6-7-12-24(22)31/h6-16,18,27H,4-5,17H2,1-3H3,(H,32,35). The monoisotopic (exact) mass is 521 g/mol. The lowest BCUT2D eigenvalue weighted by Gasteiger charge is -2.26. The van der Waals surface area contributed by atoms with Gasteiger partial charge in [-0.2, -0.15) is 0 Å². The van der Waals surface area contributed by atoms with E-state index < -0.39 is 6.04 Å². The van der Waals surface area contributed by atoms with Gasteiger partial charge in [0.05, 0.1) is 11.4 Å². The topological polar surface area (TPSA) is 61.8 Å². The fraction of sp³-hybridized carbons (Fsp3) is 0.276. The van der Waals surface area contributed by atoms with Crippen LogP contribution in [-0.4, -0.2) is 30.1 Å². The molecule has 5 nitrogen and oxygen atoms in total. The number of nitrogens with one attached hydrogen (secondary N) is 1. The van der Waals surface area contributed by atoms with E-state index in [-0.39, 0.29) is 24.3 Å². The number of carbonyl (C=O) groups is 2. The molecule has 0 aliphatic carbocycles. The number of hydrogen-bond acceptors (Lipinski definition) is 3. The van der Waals surface area contributed by atoms with Crippen LogP contribution in [-0.2, 0) is 16.0 Å². The Morgan fingerprint density at radius 3 is 2.53 bits per heavy atom. The molecule has 0 bridgehead atoms. The first kappa shape index (κ1) is 25.9. The highest BCUT2D eigenvalue weighted by Crippen LogP contribution is 2.34. The average Bonchev–Trinajstić information content (AvgIpc) is 2.98. The summed E-state index contributed by atoms with van der Waals surface area (Å²) in [6.45, 7) is 5.93. The van der Waals surface area contributed by atoms with E-state index in [0.717, 1.165) is 18.4 Å². The van der Waals surface area contributed by atoms with E-state index in [4.69, 9.17) is 28.2 Å². The summed E-state index contributed by atoms with van der Waals surface area (Å²) >= 11 is 13.0. The van der Waals surface area contributed by atoms with Gasteiger partial charge in [0.15, 0.2) is 0 Å². The second kappa shape index (κ2) is 11.3. The van der Waals surface area contributed by atoms with E-state index in [2.05, 4.69) is 12.2 Å².